The number of hydrogen-bond donors (Lipinski definition) is 1. The normalized spacial score (nSPS) is 10.9. The summed E-state index contributed by atoms with van der Waals surface area (Å²) in [7, 11) is 0. The van der Waals surface area contributed by atoms with Crippen LogP contribution in [0.15, 0.2) is 64.2 Å². The maximum absolute atomic E-state index is 4.24. The van der Waals surface area contributed by atoms with Crippen molar-refractivity contribution in [1.82, 2.24) is 20.3 Å². The molecule has 6 nitrogen and oxygen atoms in total. The molecule has 2 aromatic carbocycles. The first kappa shape index (κ1) is 13.4. The van der Waals surface area contributed by atoms with Crippen molar-refractivity contribution in [2.24, 2.45) is 5.10 Å². The highest BCUT2D eigenvalue weighted by Gasteiger charge is 2.04. The molecule has 0 fully saturated rings. The third-order valence-electron chi connectivity index (χ3n) is 2.67. The molecule has 3 aromatic rings. The summed E-state index contributed by atoms with van der Waals surface area (Å²) in [5, 5.41) is 18.7. The molecule has 3 rings (SSSR count). The van der Waals surface area contributed by atoms with Crippen LogP contribution in [-0.4, -0.2) is 26.5 Å². The van der Waals surface area contributed by atoms with Crippen molar-refractivity contribution in [3.05, 3.63) is 64.6 Å². The lowest BCUT2D eigenvalue weighted by Crippen LogP contribution is -2.01. The Hall–Kier alpha value is -2.54. The quantitative estimate of drug-likeness (QED) is 0.740. The smallest absolute Gasteiger partial charge is 0.269 e. The molecule has 0 aliphatic rings. The van der Waals surface area contributed by atoms with Gasteiger partial charge >= 0.3 is 0 Å². The van der Waals surface area contributed by atoms with Gasteiger partial charge in [-0.3, -0.25) is 0 Å². The van der Waals surface area contributed by atoms with Crippen molar-refractivity contribution in [3.63, 3.8) is 0 Å². The molecule has 1 N–H and O–H groups in total. The molecular formula is C14H11BrN6. The molecule has 21 heavy (non-hydrogen) atoms. The third-order valence-corrected chi connectivity index (χ3v) is 3.20. The van der Waals surface area contributed by atoms with Crippen molar-refractivity contribution in [2.75, 3.05) is 5.32 Å². The molecule has 0 aliphatic carbocycles. The van der Waals surface area contributed by atoms with Gasteiger partial charge in [-0.15, -0.1) is 0 Å². The van der Waals surface area contributed by atoms with E-state index in [2.05, 4.69) is 41.9 Å². The fourth-order valence-corrected chi connectivity index (χ4v) is 1.92. The van der Waals surface area contributed by atoms with Gasteiger partial charge in [-0.25, -0.2) is 0 Å². The molecule has 0 amide bonds. The van der Waals surface area contributed by atoms with Crippen LogP contribution in [0.2, 0.25) is 0 Å². The van der Waals surface area contributed by atoms with Gasteiger partial charge < -0.3 is 5.32 Å². The molecule has 0 saturated heterocycles. The van der Waals surface area contributed by atoms with Crippen LogP contribution >= 0.6 is 15.9 Å². The van der Waals surface area contributed by atoms with Gasteiger partial charge in [-0.1, -0.05) is 56.2 Å². The highest BCUT2D eigenvalue weighted by molar-refractivity contribution is 9.10. The number of rotatable bonds is 4. The van der Waals surface area contributed by atoms with E-state index >= 15 is 0 Å². The topological polar surface area (TPSA) is 68.0 Å². The van der Waals surface area contributed by atoms with E-state index in [9.17, 15) is 0 Å². The van der Waals surface area contributed by atoms with E-state index in [-0.39, 0.29) is 0 Å². The molecular weight excluding hydrogens is 332 g/mol. The van der Waals surface area contributed by atoms with Crippen molar-refractivity contribution in [3.8, 4) is 0 Å². The number of nitrogens with one attached hydrogen (secondary N) is 1. The van der Waals surface area contributed by atoms with Crippen LogP contribution in [0, 0.1) is 0 Å². The summed E-state index contributed by atoms with van der Waals surface area (Å²) in [6.07, 6.45) is 1.69. The summed E-state index contributed by atoms with van der Waals surface area (Å²) < 4.78 is 1.02. The van der Waals surface area contributed by atoms with Crippen LogP contribution in [0.1, 0.15) is 5.56 Å². The predicted molar refractivity (Wildman–Crippen MR) is 84.7 cm³/mol. The maximum Gasteiger partial charge on any atom is 0.269 e. The van der Waals surface area contributed by atoms with Gasteiger partial charge in [0, 0.05) is 10.2 Å². The second-order valence-electron chi connectivity index (χ2n) is 4.18. The Morgan fingerprint density at radius 2 is 1.81 bits per heavy atom. The summed E-state index contributed by atoms with van der Waals surface area (Å²) in [6.45, 7) is 0. The van der Waals surface area contributed by atoms with Crippen LogP contribution in [0.4, 0.5) is 11.6 Å². The Balaban J connectivity index is 1.78. The molecule has 0 unspecified atom stereocenters. The average molecular weight is 343 g/mol. The molecule has 1 aromatic heterocycles. The van der Waals surface area contributed by atoms with Crippen LogP contribution in [-0.2, 0) is 0 Å². The summed E-state index contributed by atoms with van der Waals surface area (Å²) in [6, 6.07) is 17.5. The highest BCUT2D eigenvalue weighted by atomic mass is 79.9. The van der Waals surface area contributed by atoms with Crippen molar-refractivity contribution in [2.45, 2.75) is 0 Å². The maximum atomic E-state index is 4.24. The minimum atomic E-state index is 0.453. The number of tetrazole rings is 1. The Morgan fingerprint density at radius 3 is 2.57 bits per heavy atom. The molecule has 0 bridgehead atoms. The zero-order valence-electron chi connectivity index (χ0n) is 10.9. The number of benzene rings is 2. The Bertz CT molecular complexity index is 736. The van der Waals surface area contributed by atoms with E-state index < -0.39 is 0 Å². The van der Waals surface area contributed by atoms with Gasteiger partial charge in [-0.2, -0.15) is 5.10 Å². The number of nitrogens with zero attached hydrogens (tertiary/aromatic N) is 5. The lowest BCUT2D eigenvalue weighted by atomic mass is 10.2. The summed E-state index contributed by atoms with van der Waals surface area (Å²) in [5.74, 6) is 0.453. The lowest BCUT2D eigenvalue weighted by molar-refractivity contribution is 0.699. The minimum Gasteiger partial charge on any atom is -0.321 e. The molecule has 0 aliphatic heterocycles. The van der Waals surface area contributed by atoms with E-state index in [1.165, 1.54) is 4.79 Å². The van der Waals surface area contributed by atoms with Crippen molar-refractivity contribution >= 4 is 33.8 Å². The molecule has 1 heterocycles. The summed E-state index contributed by atoms with van der Waals surface area (Å²) >= 11 is 3.39. The van der Waals surface area contributed by atoms with Crippen molar-refractivity contribution in [1.29, 1.82) is 0 Å². The van der Waals surface area contributed by atoms with Crippen LogP contribution in [0.25, 0.3) is 0 Å². The molecule has 0 saturated carbocycles. The number of para-hydroxylation sites is 1. The number of halogens is 1. The number of anilines is 2. The van der Waals surface area contributed by atoms with E-state index in [1.807, 2.05) is 54.6 Å². The molecule has 0 spiro atoms. The first-order chi connectivity index (χ1) is 10.3. The Morgan fingerprint density at radius 1 is 1.05 bits per heavy atom. The van der Waals surface area contributed by atoms with Crippen LogP contribution in [0.3, 0.4) is 0 Å². The standard InChI is InChI=1S/C14H11BrN6/c15-12-8-6-11(7-9-12)10-16-21-14(18-19-20-21)17-13-4-2-1-3-5-13/h1-10H,(H,17,18,20)/b16-10+. The first-order valence-electron chi connectivity index (χ1n) is 6.22. The zero-order chi connectivity index (χ0) is 14.5. The molecule has 104 valence electrons. The van der Waals surface area contributed by atoms with Gasteiger partial charge in [0.1, 0.15) is 0 Å². The van der Waals surface area contributed by atoms with E-state index in [1.54, 1.807) is 6.21 Å². The monoisotopic (exact) mass is 342 g/mol. The van der Waals surface area contributed by atoms with Gasteiger partial charge in [-0.05, 0) is 40.3 Å². The average Bonchev–Trinajstić information content (AvgIpc) is 2.95. The second-order valence-corrected chi connectivity index (χ2v) is 5.09. The minimum absolute atomic E-state index is 0.453. The second kappa shape index (κ2) is 6.27. The number of hydrogen-bond acceptors (Lipinski definition) is 5. The largest absolute Gasteiger partial charge is 0.321 e. The van der Waals surface area contributed by atoms with Gasteiger partial charge in [0.2, 0.25) is 0 Å². The number of aromatic nitrogens is 4. The summed E-state index contributed by atoms with van der Waals surface area (Å²) in [4.78, 5) is 1.34. The predicted octanol–water partition coefficient (Wildman–Crippen LogP) is 3.06. The fraction of sp³-hybridized carbons (Fsp3) is 0. The van der Waals surface area contributed by atoms with Gasteiger partial charge in [0.25, 0.3) is 5.95 Å². The van der Waals surface area contributed by atoms with Gasteiger partial charge in [0.15, 0.2) is 0 Å². The molecule has 7 heteroatoms. The van der Waals surface area contributed by atoms with Crippen LogP contribution in [0.5, 0.6) is 0 Å². The summed E-state index contributed by atoms with van der Waals surface area (Å²) in [5.41, 5.74) is 1.85. The van der Waals surface area contributed by atoms with Crippen LogP contribution < -0.4 is 5.32 Å². The van der Waals surface area contributed by atoms with Crippen molar-refractivity contribution < 1.29 is 0 Å². The SMILES string of the molecule is Brc1ccc(/C=N/n2nnnc2Nc2ccccc2)cc1. The van der Waals surface area contributed by atoms with E-state index in [4.69, 9.17) is 0 Å². The van der Waals surface area contributed by atoms with Gasteiger partial charge in [0.05, 0.1) is 6.21 Å². The highest BCUT2D eigenvalue weighted by Crippen LogP contribution is 2.12. The molecule has 0 atom stereocenters. The van der Waals surface area contributed by atoms with E-state index in [0.29, 0.717) is 5.95 Å². The lowest BCUT2D eigenvalue weighted by Gasteiger charge is -2.02. The Kier molecular flexibility index (Phi) is 4.02. The van der Waals surface area contributed by atoms with E-state index in [0.717, 1.165) is 15.7 Å². The zero-order valence-corrected chi connectivity index (χ0v) is 12.5. The molecule has 0 radical (unpaired) electrons. The third kappa shape index (κ3) is 3.51. The first-order valence-corrected chi connectivity index (χ1v) is 7.01. The fourth-order valence-electron chi connectivity index (χ4n) is 1.66. The Labute approximate surface area is 129 Å².